The zero-order valence-corrected chi connectivity index (χ0v) is 17.9. The van der Waals surface area contributed by atoms with Crippen LogP contribution in [0.2, 0.25) is 0 Å². The van der Waals surface area contributed by atoms with Crippen molar-refractivity contribution in [3.63, 3.8) is 0 Å². The number of benzene rings is 2. The van der Waals surface area contributed by atoms with E-state index in [4.69, 9.17) is 0 Å². The van der Waals surface area contributed by atoms with E-state index in [0.717, 1.165) is 37.7 Å². The van der Waals surface area contributed by atoms with Gasteiger partial charge >= 0.3 is 6.36 Å². The molecule has 0 aromatic heterocycles. The van der Waals surface area contributed by atoms with Crippen molar-refractivity contribution >= 4 is 42.1 Å². The topological polar surface area (TPSA) is 53.6 Å². The highest BCUT2D eigenvalue weighted by Crippen LogP contribution is 2.27. The van der Waals surface area contributed by atoms with Gasteiger partial charge in [0.15, 0.2) is 0 Å². The minimum Gasteiger partial charge on any atom is -0.405 e. The van der Waals surface area contributed by atoms with E-state index in [9.17, 15) is 18.0 Å². The number of hydrogen-bond donors (Lipinski definition) is 2. The third kappa shape index (κ3) is 7.59. The SMILES string of the molecule is CN1CCC(Nc2cccc(NC(=O)c3ccccc3OC(F)(F)F)c2)CC1.Cl.Cl. The minimum absolute atomic E-state index is 0. The molecule has 30 heavy (non-hydrogen) atoms. The number of hydrogen-bond acceptors (Lipinski definition) is 4. The molecule has 1 aliphatic heterocycles. The standard InChI is InChI=1S/C20H22F3N3O2.2ClH/c1-26-11-9-14(10-12-26)24-15-5-4-6-16(13-15)25-19(27)17-7-2-3-8-18(17)28-20(21,22)23;;/h2-8,13-14,24H,9-12H2,1H3,(H,25,27);2*1H. The van der Waals surface area contributed by atoms with E-state index in [0.29, 0.717) is 11.7 Å². The van der Waals surface area contributed by atoms with Crippen LogP contribution in [-0.2, 0) is 0 Å². The number of nitrogens with zero attached hydrogens (tertiary/aromatic N) is 1. The van der Waals surface area contributed by atoms with Gasteiger partial charge in [-0.2, -0.15) is 0 Å². The van der Waals surface area contributed by atoms with Crippen LogP contribution >= 0.6 is 24.8 Å². The number of nitrogens with one attached hydrogen (secondary N) is 2. The van der Waals surface area contributed by atoms with Gasteiger partial charge in [-0.05, 0) is 63.3 Å². The molecular formula is C20H24Cl2F3N3O2. The van der Waals surface area contributed by atoms with Crippen LogP contribution < -0.4 is 15.4 Å². The number of anilines is 2. The van der Waals surface area contributed by atoms with E-state index in [1.807, 2.05) is 6.07 Å². The third-order valence-corrected chi connectivity index (χ3v) is 4.57. The van der Waals surface area contributed by atoms with Crippen LogP contribution in [0.5, 0.6) is 5.75 Å². The van der Waals surface area contributed by atoms with Gasteiger partial charge in [-0.15, -0.1) is 38.0 Å². The monoisotopic (exact) mass is 465 g/mol. The minimum atomic E-state index is -4.87. The smallest absolute Gasteiger partial charge is 0.405 e. The van der Waals surface area contributed by atoms with E-state index in [2.05, 4.69) is 27.3 Å². The van der Waals surface area contributed by atoms with Gasteiger partial charge in [-0.25, -0.2) is 0 Å². The highest BCUT2D eigenvalue weighted by molar-refractivity contribution is 6.06. The Bertz CT molecular complexity index is 829. The molecule has 0 aliphatic carbocycles. The highest BCUT2D eigenvalue weighted by atomic mass is 35.5. The molecule has 1 saturated heterocycles. The first-order valence-corrected chi connectivity index (χ1v) is 9.01. The Kier molecular flexibility index (Phi) is 9.74. The second kappa shape index (κ2) is 11.3. The lowest BCUT2D eigenvalue weighted by molar-refractivity contribution is -0.274. The molecule has 5 nitrogen and oxygen atoms in total. The van der Waals surface area contributed by atoms with Crippen LogP contribution in [0.15, 0.2) is 48.5 Å². The molecule has 1 aliphatic rings. The molecule has 1 fully saturated rings. The van der Waals surface area contributed by atoms with Crippen LogP contribution in [0.1, 0.15) is 23.2 Å². The van der Waals surface area contributed by atoms with Crippen molar-refractivity contribution in [3.8, 4) is 5.75 Å². The van der Waals surface area contributed by atoms with E-state index in [1.165, 1.54) is 18.2 Å². The molecule has 10 heteroatoms. The molecule has 0 bridgehead atoms. The molecule has 1 amide bonds. The van der Waals surface area contributed by atoms with E-state index < -0.39 is 18.0 Å². The van der Waals surface area contributed by atoms with Crippen molar-refractivity contribution in [2.45, 2.75) is 25.2 Å². The molecule has 0 atom stereocenters. The van der Waals surface area contributed by atoms with Crippen LogP contribution in [-0.4, -0.2) is 43.3 Å². The molecule has 0 saturated carbocycles. The summed E-state index contributed by atoms with van der Waals surface area (Å²) in [6.45, 7) is 2.04. The molecule has 2 aromatic rings. The first-order valence-electron chi connectivity index (χ1n) is 9.01. The average Bonchev–Trinajstić information content (AvgIpc) is 2.63. The molecule has 2 N–H and O–H groups in total. The maximum atomic E-state index is 12.5. The van der Waals surface area contributed by atoms with E-state index in [-0.39, 0.29) is 30.4 Å². The average molecular weight is 466 g/mol. The van der Waals surface area contributed by atoms with Crippen molar-refractivity contribution in [1.82, 2.24) is 4.90 Å². The summed E-state index contributed by atoms with van der Waals surface area (Å²) in [7, 11) is 2.09. The number of piperidine rings is 1. The van der Waals surface area contributed by atoms with E-state index in [1.54, 1.807) is 18.2 Å². The fourth-order valence-electron chi connectivity index (χ4n) is 3.14. The number of ether oxygens (including phenoxy) is 1. The normalized spacial score (nSPS) is 14.8. The van der Waals surface area contributed by atoms with Crippen LogP contribution in [0.25, 0.3) is 0 Å². The second-order valence-corrected chi connectivity index (χ2v) is 6.80. The van der Waals surface area contributed by atoms with Crippen molar-refractivity contribution < 1.29 is 22.7 Å². The zero-order chi connectivity index (χ0) is 20.1. The van der Waals surface area contributed by atoms with Crippen molar-refractivity contribution in [2.24, 2.45) is 0 Å². The number of alkyl halides is 3. The largest absolute Gasteiger partial charge is 0.573 e. The summed E-state index contributed by atoms with van der Waals surface area (Å²) in [4.78, 5) is 14.7. The fourth-order valence-corrected chi connectivity index (χ4v) is 3.14. The molecule has 2 aromatic carbocycles. The zero-order valence-electron chi connectivity index (χ0n) is 16.2. The quantitative estimate of drug-likeness (QED) is 0.637. The summed E-state index contributed by atoms with van der Waals surface area (Å²) in [6.07, 6.45) is -2.82. The number of carbonyl (C=O) groups excluding carboxylic acids is 1. The van der Waals surface area contributed by atoms with Gasteiger partial charge < -0.3 is 20.3 Å². The lowest BCUT2D eigenvalue weighted by Gasteiger charge is -2.30. The molecule has 0 spiro atoms. The Labute approximate surface area is 185 Å². The predicted octanol–water partition coefficient (Wildman–Crippen LogP) is 5.19. The van der Waals surface area contributed by atoms with Gasteiger partial charge in [0, 0.05) is 17.4 Å². The summed E-state index contributed by atoms with van der Waals surface area (Å²) >= 11 is 0. The van der Waals surface area contributed by atoms with Gasteiger partial charge in [0.05, 0.1) is 5.56 Å². The number of carbonyl (C=O) groups is 1. The summed E-state index contributed by atoms with van der Waals surface area (Å²) in [5.41, 5.74) is 1.16. The lowest BCUT2D eigenvalue weighted by atomic mass is 10.1. The van der Waals surface area contributed by atoms with Crippen LogP contribution in [0.4, 0.5) is 24.5 Å². The second-order valence-electron chi connectivity index (χ2n) is 6.80. The van der Waals surface area contributed by atoms with Crippen molar-refractivity contribution in [1.29, 1.82) is 0 Å². The van der Waals surface area contributed by atoms with Crippen molar-refractivity contribution in [2.75, 3.05) is 30.8 Å². The van der Waals surface area contributed by atoms with E-state index >= 15 is 0 Å². The Morgan fingerprint density at radius 2 is 1.67 bits per heavy atom. The Morgan fingerprint density at radius 1 is 1.03 bits per heavy atom. The number of rotatable bonds is 5. The van der Waals surface area contributed by atoms with Gasteiger partial charge in [0.1, 0.15) is 5.75 Å². The van der Waals surface area contributed by atoms with Crippen LogP contribution in [0, 0.1) is 0 Å². The number of likely N-dealkylation sites (tertiary alicyclic amines) is 1. The number of amides is 1. The number of halogens is 5. The molecule has 0 unspecified atom stereocenters. The van der Waals surface area contributed by atoms with Gasteiger partial charge in [-0.3, -0.25) is 4.79 Å². The first kappa shape index (κ1) is 25.9. The summed E-state index contributed by atoms with van der Waals surface area (Å²) in [5.74, 6) is -1.20. The number of para-hydroxylation sites is 1. The van der Waals surface area contributed by atoms with Crippen molar-refractivity contribution in [3.05, 3.63) is 54.1 Å². The van der Waals surface area contributed by atoms with Gasteiger partial charge in [0.25, 0.3) is 5.91 Å². The van der Waals surface area contributed by atoms with Gasteiger partial charge in [0.2, 0.25) is 0 Å². The molecular weight excluding hydrogens is 442 g/mol. The predicted molar refractivity (Wildman–Crippen MR) is 116 cm³/mol. The summed E-state index contributed by atoms with van der Waals surface area (Å²) in [6, 6.07) is 12.7. The Hall–Kier alpha value is -2.16. The maximum Gasteiger partial charge on any atom is 0.573 e. The molecule has 0 radical (unpaired) electrons. The summed E-state index contributed by atoms with van der Waals surface area (Å²) in [5, 5.41) is 6.08. The molecule has 3 rings (SSSR count). The first-order chi connectivity index (χ1) is 13.3. The van der Waals surface area contributed by atoms with Gasteiger partial charge in [-0.1, -0.05) is 18.2 Å². The summed E-state index contributed by atoms with van der Waals surface area (Å²) < 4.78 is 41.6. The van der Waals surface area contributed by atoms with Crippen LogP contribution in [0.3, 0.4) is 0 Å². The highest BCUT2D eigenvalue weighted by Gasteiger charge is 2.32. The molecule has 166 valence electrons. The Morgan fingerprint density at radius 3 is 2.33 bits per heavy atom. The Balaban J connectivity index is 0.00000225. The fraction of sp³-hybridized carbons (Fsp3) is 0.350. The maximum absolute atomic E-state index is 12.5. The lowest BCUT2D eigenvalue weighted by Crippen LogP contribution is -2.36. The molecule has 1 heterocycles. The third-order valence-electron chi connectivity index (χ3n) is 4.57.